The number of hydrogen-bond acceptors (Lipinski definition) is 9. The summed E-state index contributed by atoms with van der Waals surface area (Å²) >= 11 is 4.75. The molecule has 1 atom stereocenters. The Morgan fingerprint density at radius 1 is 1.12 bits per heavy atom. The molecule has 0 unspecified atom stereocenters. The summed E-state index contributed by atoms with van der Waals surface area (Å²) < 4.78 is 24.7. The van der Waals surface area contributed by atoms with E-state index in [1.54, 1.807) is 56.3 Å². The van der Waals surface area contributed by atoms with Gasteiger partial charge in [0.05, 0.1) is 48.2 Å². The second-order valence-corrected chi connectivity index (χ2v) is 11.0. The maximum absolute atomic E-state index is 13.9. The molecule has 2 aromatic heterocycles. The number of aromatic carboxylic acids is 1. The van der Waals surface area contributed by atoms with Crippen molar-refractivity contribution in [2.24, 2.45) is 4.99 Å². The lowest BCUT2D eigenvalue weighted by molar-refractivity contribution is -0.139. The van der Waals surface area contributed by atoms with E-state index in [1.165, 1.54) is 42.3 Å². The number of carboxylic acid groups (broad SMARTS) is 1. The average molecular weight is 654 g/mol. The van der Waals surface area contributed by atoms with Gasteiger partial charge in [0.15, 0.2) is 16.3 Å². The molecule has 4 aromatic rings. The van der Waals surface area contributed by atoms with E-state index in [1.807, 2.05) is 0 Å². The molecular weight excluding hydrogens is 628 g/mol. The molecule has 0 spiro atoms. The number of carboxylic acids is 1. The summed E-state index contributed by atoms with van der Waals surface area (Å²) in [5, 5.41) is 9.15. The highest BCUT2D eigenvalue weighted by Crippen LogP contribution is 2.40. The second kappa shape index (κ2) is 11.8. The normalized spacial score (nSPS) is 14.8. The van der Waals surface area contributed by atoms with Crippen molar-refractivity contribution in [3.05, 3.63) is 101 Å². The Labute approximate surface area is 251 Å². The van der Waals surface area contributed by atoms with Crippen molar-refractivity contribution in [1.82, 2.24) is 4.57 Å². The first kappa shape index (κ1) is 29.1. The maximum Gasteiger partial charge on any atom is 0.338 e. The van der Waals surface area contributed by atoms with Gasteiger partial charge in [-0.1, -0.05) is 39.4 Å². The van der Waals surface area contributed by atoms with Gasteiger partial charge in [-0.25, -0.2) is 14.6 Å². The third-order valence-corrected chi connectivity index (χ3v) is 8.30. The van der Waals surface area contributed by atoms with Crippen LogP contribution in [-0.4, -0.2) is 42.4 Å². The number of rotatable bonds is 8. The molecule has 0 saturated heterocycles. The Kier molecular flexibility index (Phi) is 8.19. The minimum absolute atomic E-state index is 0.152. The van der Waals surface area contributed by atoms with E-state index >= 15 is 0 Å². The van der Waals surface area contributed by atoms with Gasteiger partial charge in [-0.2, -0.15) is 0 Å². The van der Waals surface area contributed by atoms with Gasteiger partial charge in [0.1, 0.15) is 11.5 Å². The van der Waals surface area contributed by atoms with Crippen LogP contribution in [0.5, 0.6) is 11.5 Å². The fraction of sp³-hybridized carbons (Fsp3) is 0.200. The quantitative estimate of drug-likeness (QED) is 0.275. The number of methoxy groups -OCH3 is 2. The van der Waals surface area contributed by atoms with Crippen LogP contribution in [0.3, 0.4) is 0 Å². The zero-order valence-electron chi connectivity index (χ0n) is 23.0. The van der Waals surface area contributed by atoms with E-state index in [0.717, 1.165) is 0 Å². The first-order valence-electron chi connectivity index (χ1n) is 12.7. The summed E-state index contributed by atoms with van der Waals surface area (Å²) in [6.45, 7) is 3.57. The molecule has 0 fully saturated rings. The smallest absolute Gasteiger partial charge is 0.338 e. The zero-order valence-corrected chi connectivity index (χ0v) is 25.4. The zero-order chi connectivity index (χ0) is 30.1. The Morgan fingerprint density at radius 2 is 1.81 bits per heavy atom. The molecule has 2 aromatic carbocycles. The van der Waals surface area contributed by atoms with E-state index < -0.39 is 18.0 Å². The molecule has 216 valence electrons. The standard InChI is InChI=1S/C30H25BrN2O8S/c1-5-40-29(37)25-15(2)32-30-33(26(25)19-13-22(38-3)23(39-4)14-20(19)31)27(34)24(42-30)12-18-10-11-21(41-18)16-6-8-17(9-7-16)28(35)36/h6-14,26H,5H2,1-4H3,(H,35,36)/b24-12+/t26-/m0/s1. The molecule has 1 aliphatic heterocycles. The lowest BCUT2D eigenvalue weighted by atomic mass is 9.95. The third kappa shape index (κ3) is 5.30. The van der Waals surface area contributed by atoms with E-state index in [9.17, 15) is 14.4 Å². The summed E-state index contributed by atoms with van der Waals surface area (Å²) in [6.07, 6.45) is 1.61. The summed E-state index contributed by atoms with van der Waals surface area (Å²) in [6, 6.07) is 12.3. The molecule has 0 saturated carbocycles. The Hall–Kier alpha value is -4.42. The molecule has 1 N–H and O–H groups in total. The van der Waals surface area contributed by atoms with E-state index in [4.69, 9.17) is 23.7 Å². The number of hydrogen-bond donors (Lipinski definition) is 1. The van der Waals surface area contributed by atoms with Crippen molar-refractivity contribution < 1.29 is 33.3 Å². The summed E-state index contributed by atoms with van der Waals surface area (Å²) in [5.74, 6) is 0.239. The molecule has 12 heteroatoms. The highest BCUT2D eigenvalue weighted by atomic mass is 79.9. The SMILES string of the molecule is CCOC(=O)C1=C(C)N=c2s/c(=C/c3ccc(-c4ccc(C(=O)O)cc4)o3)c(=O)n2[C@H]1c1cc(OC)c(OC)cc1Br. The number of allylic oxidation sites excluding steroid dienone is 1. The number of thiazole rings is 1. The van der Waals surface area contributed by atoms with Crippen molar-refractivity contribution in [2.75, 3.05) is 20.8 Å². The van der Waals surface area contributed by atoms with Crippen molar-refractivity contribution in [2.45, 2.75) is 19.9 Å². The fourth-order valence-corrected chi connectivity index (χ4v) is 6.22. The van der Waals surface area contributed by atoms with Crippen LogP contribution in [0.25, 0.3) is 17.4 Å². The van der Waals surface area contributed by atoms with Gasteiger partial charge in [-0.05, 0) is 55.8 Å². The predicted molar refractivity (Wildman–Crippen MR) is 159 cm³/mol. The van der Waals surface area contributed by atoms with Gasteiger partial charge in [0.25, 0.3) is 5.56 Å². The molecule has 5 rings (SSSR count). The van der Waals surface area contributed by atoms with Gasteiger partial charge in [0.2, 0.25) is 0 Å². The van der Waals surface area contributed by atoms with Crippen LogP contribution >= 0.6 is 27.3 Å². The highest BCUT2D eigenvalue weighted by molar-refractivity contribution is 9.10. The molecule has 0 amide bonds. The minimum atomic E-state index is -1.02. The van der Waals surface area contributed by atoms with Gasteiger partial charge in [-0.15, -0.1) is 0 Å². The van der Waals surface area contributed by atoms with Crippen LogP contribution in [0.4, 0.5) is 0 Å². The first-order valence-corrected chi connectivity index (χ1v) is 14.3. The summed E-state index contributed by atoms with van der Waals surface area (Å²) in [7, 11) is 3.03. The Bertz CT molecular complexity index is 1920. The lowest BCUT2D eigenvalue weighted by Crippen LogP contribution is -2.40. The molecule has 10 nitrogen and oxygen atoms in total. The molecule has 1 aliphatic rings. The number of fused-ring (bicyclic) bond motifs is 1. The number of esters is 1. The molecule has 0 aliphatic carbocycles. The summed E-state index contributed by atoms with van der Waals surface area (Å²) in [5.41, 5.74) is 1.73. The van der Waals surface area contributed by atoms with Gasteiger partial charge in [0, 0.05) is 16.1 Å². The summed E-state index contributed by atoms with van der Waals surface area (Å²) in [4.78, 5) is 43.3. The third-order valence-electron chi connectivity index (χ3n) is 6.63. The number of carbonyl (C=O) groups is 2. The van der Waals surface area contributed by atoms with E-state index in [0.29, 0.717) is 53.6 Å². The van der Waals surface area contributed by atoms with Crippen molar-refractivity contribution in [3.63, 3.8) is 0 Å². The molecule has 42 heavy (non-hydrogen) atoms. The lowest BCUT2D eigenvalue weighted by Gasteiger charge is -2.26. The number of furan rings is 1. The van der Waals surface area contributed by atoms with Crippen LogP contribution in [0.2, 0.25) is 0 Å². The van der Waals surface area contributed by atoms with Crippen molar-refractivity contribution in [3.8, 4) is 22.8 Å². The number of carbonyl (C=O) groups excluding carboxylic acids is 1. The molecule has 0 radical (unpaired) electrons. The van der Waals surface area contributed by atoms with Gasteiger partial charge < -0.3 is 23.7 Å². The van der Waals surface area contributed by atoms with Crippen molar-refractivity contribution in [1.29, 1.82) is 0 Å². The number of nitrogens with zero attached hydrogens (tertiary/aromatic N) is 2. The Balaban J connectivity index is 1.65. The number of halogens is 1. The number of ether oxygens (including phenoxy) is 3. The van der Waals surface area contributed by atoms with Crippen molar-refractivity contribution >= 4 is 45.3 Å². The van der Waals surface area contributed by atoms with Crippen LogP contribution < -0.4 is 24.4 Å². The van der Waals surface area contributed by atoms with Crippen LogP contribution in [0.15, 0.2) is 78.5 Å². The molecule has 3 heterocycles. The Morgan fingerprint density at radius 3 is 2.45 bits per heavy atom. The predicted octanol–water partition coefficient (Wildman–Crippen LogP) is 4.54. The highest BCUT2D eigenvalue weighted by Gasteiger charge is 2.35. The first-order chi connectivity index (χ1) is 20.2. The minimum Gasteiger partial charge on any atom is -0.493 e. The maximum atomic E-state index is 13.9. The van der Waals surface area contributed by atoms with Gasteiger partial charge >= 0.3 is 11.9 Å². The fourth-order valence-electron chi connectivity index (χ4n) is 4.66. The van der Waals surface area contributed by atoms with Crippen LogP contribution in [-0.2, 0) is 9.53 Å². The monoisotopic (exact) mass is 652 g/mol. The van der Waals surface area contributed by atoms with E-state index in [2.05, 4.69) is 20.9 Å². The topological polar surface area (TPSA) is 130 Å². The molecular formula is C30H25BrN2O8S. The average Bonchev–Trinajstić information content (AvgIpc) is 3.56. The van der Waals surface area contributed by atoms with E-state index in [-0.39, 0.29) is 23.3 Å². The second-order valence-electron chi connectivity index (χ2n) is 9.12. The van der Waals surface area contributed by atoms with Gasteiger partial charge in [-0.3, -0.25) is 9.36 Å². The van der Waals surface area contributed by atoms with Crippen LogP contribution in [0.1, 0.15) is 41.6 Å². The number of aromatic nitrogens is 1. The van der Waals surface area contributed by atoms with Crippen LogP contribution in [0, 0.1) is 0 Å². The molecule has 0 bridgehead atoms. The number of benzene rings is 2. The largest absolute Gasteiger partial charge is 0.493 e.